The molecule has 0 amide bonds. The molecule has 4 heterocycles. The molecular weight excluding hydrogens is 877 g/mol. The van der Waals surface area contributed by atoms with Crippen LogP contribution in [0.1, 0.15) is 25.0 Å². The minimum absolute atomic E-state index is 0.145. The van der Waals surface area contributed by atoms with Crippen LogP contribution in [0, 0.1) is 0 Å². The van der Waals surface area contributed by atoms with Crippen molar-refractivity contribution in [1.29, 1.82) is 0 Å². The zero-order valence-corrected chi connectivity index (χ0v) is 39.8. The van der Waals surface area contributed by atoms with Gasteiger partial charge < -0.3 is 14.0 Å². The van der Waals surface area contributed by atoms with Crippen molar-refractivity contribution in [3.8, 4) is 56.7 Å². The Morgan fingerprint density at radius 2 is 0.681 bits per heavy atom. The molecule has 1 aliphatic rings. The van der Waals surface area contributed by atoms with Gasteiger partial charge in [0, 0.05) is 60.7 Å². The molecule has 0 saturated carbocycles. The van der Waals surface area contributed by atoms with Crippen LogP contribution < -0.4 is 4.90 Å². The Morgan fingerprint density at radius 3 is 1.18 bits per heavy atom. The molecule has 340 valence electrons. The second-order valence-corrected chi connectivity index (χ2v) is 19.3. The van der Waals surface area contributed by atoms with Gasteiger partial charge in [-0.3, -0.25) is 0 Å². The van der Waals surface area contributed by atoms with Crippen LogP contribution in [0.3, 0.4) is 0 Å². The molecule has 3 aromatic heterocycles. The fourth-order valence-corrected chi connectivity index (χ4v) is 11.3. The standard InChI is InChI=1S/C66H46N6/c1-66(2)55-26-12-17-31-61(55)70(62-32-18-13-27-56(62)66)48-37-38-60-54(42-48)53-25-11-16-30-59(53)72(60)50-40-47(39-49(41-50)71-57-28-14-9-23-51(57)52-24-10-15-29-58(52)71)43-33-35-46(36-34-43)65-68-63(44-19-5-3-6-20-44)67-64(69-65)45-21-7-4-8-22-45/h3-42H,1-2H3. The van der Waals surface area contributed by atoms with E-state index < -0.39 is 0 Å². The van der Waals surface area contributed by atoms with Crippen molar-refractivity contribution in [2.24, 2.45) is 0 Å². The predicted molar refractivity (Wildman–Crippen MR) is 297 cm³/mol. The average molecular weight is 923 g/mol. The Hall–Kier alpha value is -9.39. The highest BCUT2D eigenvalue weighted by atomic mass is 15.2. The summed E-state index contributed by atoms with van der Waals surface area (Å²) in [6.45, 7) is 4.68. The molecule has 10 aromatic carbocycles. The van der Waals surface area contributed by atoms with Crippen LogP contribution in [0.4, 0.5) is 17.1 Å². The molecule has 0 radical (unpaired) electrons. The van der Waals surface area contributed by atoms with Gasteiger partial charge in [0.15, 0.2) is 17.5 Å². The molecule has 6 nitrogen and oxygen atoms in total. The highest BCUT2D eigenvalue weighted by Crippen LogP contribution is 2.52. The summed E-state index contributed by atoms with van der Waals surface area (Å²) >= 11 is 0. The minimum Gasteiger partial charge on any atom is -0.310 e. The Labute approximate surface area is 417 Å². The first-order valence-corrected chi connectivity index (χ1v) is 24.6. The van der Waals surface area contributed by atoms with Crippen LogP contribution in [0.15, 0.2) is 243 Å². The third kappa shape index (κ3) is 6.60. The highest BCUT2D eigenvalue weighted by Gasteiger charge is 2.36. The van der Waals surface area contributed by atoms with E-state index in [1.54, 1.807) is 0 Å². The van der Waals surface area contributed by atoms with Crippen LogP contribution >= 0.6 is 0 Å². The van der Waals surface area contributed by atoms with Crippen LogP contribution in [0.2, 0.25) is 0 Å². The Morgan fingerprint density at radius 1 is 0.292 bits per heavy atom. The van der Waals surface area contributed by atoms with Gasteiger partial charge in [-0.05, 0) is 89.0 Å². The monoisotopic (exact) mass is 922 g/mol. The number of benzene rings is 10. The fraction of sp³-hybridized carbons (Fsp3) is 0.0455. The van der Waals surface area contributed by atoms with Gasteiger partial charge in [-0.25, -0.2) is 15.0 Å². The zero-order valence-electron chi connectivity index (χ0n) is 39.8. The van der Waals surface area contributed by atoms with Gasteiger partial charge in [0.1, 0.15) is 0 Å². The fourth-order valence-electron chi connectivity index (χ4n) is 11.3. The maximum absolute atomic E-state index is 5.05. The van der Waals surface area contributed by atoms with Gasteiger partial charge in [-0.2, -0.15) is 0 Å². The van der Waals surface area contributed by atoms with Gasteiger partial charge in [-0.1, -0.05) is 190 Å². The van der Waals surface area contributed by atoms with Crippen LogP contribution in [-0.2, 0) is 5.41 Å². The summed E-state index contributed by atoms with van der Waals surface area (Å²) in [4.78, 5) is 17.5. The molecule has 0 N–H and O–H groups in total. The molecule has 0 unspecified atom stereocenters. The molecule has 0 fully saturated rings. The number of fused-ring (bicyclic) bond motifs is 8. The molecule has 0 saturated heterocycles. The third-order valence-electron chi connectivity index (χ3n) is 14.7. The number of hydrogen-bond acceptors (Lipinski definition) is 4. The van der Waals surface area contributed by atoms with Gasteiger partial charge in [0.25, 0.3) is 0 Å². The van der Waals surface area contributed by atoms with E-state index in [0.29, 0.717) is 17.5 Å². The molecular formula is C66H46N6. The second kappa shape index (κ2) is 16.4. The first-order chi connectivity index (χ1) is 35.5. The van der Waals surface area contributed by atoms with E-state index in [1.165, 1.54) is 44.0 Å². The molecule has 0 bridgehead atoms. The SMILES string of the molecule is CC1(C)c2ccccc2N(c2ccc3c(c2)c2ccccc2n3-c2cc(-c3ccc(-c4nc(-c5ccccc5)nc(-c5ccccc5)n4)cc3)cc(-n3c4ccccc4c4ccccc43)c2)c2ccccc21. The summed E-state index contributed by atoms with van der Waals surface area (Å²) < 4.78 is 4.87. The van der Waals surface area contributed by atoms with E-state index in [1.807, 2.05) is 60.7 Å². The van der Waals surface area contributed by atoms with Crippen molar-refractivity contribution in [3.05, 3.63) is 254 Å². The maximum atomic E-state index is 5.05. The number of hydrogen-bond donors (Lipinski definition) is 0. The number of anilines is 3. The number of nitrogens with zero attached hydrogens (tertiary/aromatic N) is 6. The lowest BCUT2D eigenvalue weighted by molar-refractivity contribution is 0.632. The van der Waals surface area contributed by atoms with E-state index in [-0.39, 0.29) is 5.41 Å². The minimum atomic E-state index is -0.145. The topological polar surface area (TPSA) is 51.8 Å². The Kier molecular flexibility index (Phi) is 9.45. The van der Waals surface area contributed by atoms with Crippen molar-refractivity contribution >= 4 is 60.7 Å². The highest BCUT2D eigenvalue weighted by molar-refractivity contribution is 6.12. The third-order valence-corrected chi connectivity index (χ3v) is 14.7. The van der Waals surface area contributed by atoms with Gasteiger partial charge in [0.2, 0.25) is 0 Å². The van der Waals surface area contributed by atoms with E-state index in [4.69, 9.17) is 15.0 Å². The zero-order chi connectivity index (χ0) is 47.9. The first kappa shape index (κ1) is 41.6. The normalized spacial score (nSPS) is 12.9. The van der Waals surface area contributed by atoms with E-state index >= 15 is 0 Å². The summed E-state index contributed by atoms with van der Waals surface area (Å²) in [6, 6.07) is 87.1. The van der Waals surface area contributed by atoms with Crippen LogP contribution in [0.5, 0.6) is 0 Å². The van der Waals surface area contributed by atoms with Crippen molar-refractivity contribution in [3.63, 3.8) is 0 Å². The number of aromatic nitrogens is 5. The Balaban J connectivity index is 0.959. The molecule has 0 spiro atoms. The molecule has 14 rings (SSSR count). The van der Waals surface area contributed by atoms with Gasteiger partial charge >= 0.3 is 0 Å². The summed E-state index contributed by atoms with van der Waals surface area (Å²) in [5.41, 5.74) is 17.7. The summed E-state index contributed by atoms with van der Waals surface area (Å²) in [6.07, 6.45) is 0. The van der Waals surface area contributed by atoms with E-state index in [0.717, 1.165) is 66.9 Å². The molecule has 0 aliphatic carbocycles. The van der Waals surface area contributed by atoms with Crippen molar-refractivity contribution in [1.82, 2.24) is 24.1 Å². The molecule has 72 heavy (non-hydrogen) atoms. The molecule has 0 atom stereocenters. The van der Waals surface area contributed by atoms with Crippen LogP contribution in [-0.4, -0.2) is 24.1 Å². The van der Waals surface area contributed by atoms with Crippen LogP contribution in [0.25, 0.3) is 100 Å². The average Bonchev–Trinajstić information content (AvgIpc) is 3.96. The lowest BCUT2D eigenvalue weighted by Gasteiger charge is -2.42. The lowest BCUT2D eigenvalue weighted by atomic mass is 9.73. The largest absolute Gasteiger partial charge is 0.310 e. The summed E-state index contributed by atoms with van der Waals surface area (Å²) in [7, 11) is 0. The van der Waals surface area contributed by atoms with Crippen molar-refractivity contribution < 1.29 is 0 Å². The smallest absolute Gasteiger partial charge is 0.164 e. The second-order valence-electron chi connectivity index (χ2n) is 19.3. The molecule has 6 heteroatoms. The molecule has 13 aromatic rings. The lowest BCUT2D eigenvalue weighted by Crippen LogP contribution is -2.30. The first-order valence-electron chi connectivity index (χ1n) is 24.6. The quantitative estimate of drug-likeness (QED) is 0.160. The van der Waals surface area contributed by atoms with E-state index in [9.17, 15) is 0 Å². The van der Waals surface area contributed by atoms with Crippen molar-refractivity contribution in [2.45, 2.75) is 19.3 Å². The van der Waals surface area contributed by atoms with E-state index in [2.05, 4.69) is 210 Å². The van der Waals surface area contributed by atoms with Gasteiger partial charge in [-0.15, -0.1) is 0 Å². The summed E-state index contributed by atoms with van der Waals surface area (Å²) in [5, 5.41) is 4.84. The van der Waals surface area contributed by atoms with Crippen molar-refractivity contribution in [2.75, 3.05) is 4.90 Å². The predicted octanol–water partition coefficient (Wildman–Crippen LogP) is 16.8. The number of rotatable bonds is 7. The van der Waals surface area contributed by atoms with Gasteiger partial charge in [0.05, 0.1) is 33.4 Å². The summed E-state index contributed by atoms with van der Waals surface area (Å²) in [5.74, 6) is 1.90. The molecule has 1 aliphatic heterocycles. The number of para-hydroxylation sites is 5. The Bertz CT molecular complexity index is 4080. The maximum Gasteiger partial charge on any atom is 0.164 e.